The Morgan fingerprint density at radius 2 is 2.11 bits per heavy atom. The highest BCUT2D eigenvalue weighted by Crippen LogP contribution is 1.76. The van der Waals surface area contributed by atoms with Crippen LogP contribution in [0.25, 0.3) is 0 Å². The van der Waals surface area contributed by atoms with Crippen LogP contribution in [0.3, 0.4) is 0 Å². The molecular formula is C3H7NO4S. The molecule has 0 aliphatic heterocycles. The average Bonchev–Trinajstić information content (AvgIpc) is 1.64. The lowest BCUT2D eigenvalue weighted by atomic mass is 10.9. The second kappa shape index (κ2) is 3.54. The van der Waals surface area contributed by atoms with Gasteiger partial charge >= 0.3 is 0 Å². The van der Waals surface area contributed by atoms with Gasteiger partial charge in [0.2, 0.25) is 10.0 Å². The van der Waals surface area contributed by atoms with Gasteiger partial charge in [0.25, 0.3) is 0 Å². The number of hydrogen-bond donors (Lipinski definition) is 2. The molecule has 9 heavy (non-hydrogen) atoms. The van der Waals surface area contributed by atoms with E-state index in [1.807, 2.05) is 0 Å². The molecule has 0 aromatic heterocycles. The van der Waals surface area contributed by atoms with Crippen molar-refractivity contribution >= 4 is 16.3 Å². The van der Waals surface area contributed by atoms with Gasteiger partial charge in [-0.2, -0.15) is 4.72 Å². The molecule has 0 saturated heterocycles. The van der Waals surface area contributed by atoms with Crippen LogP contribution in [0.2, 0.25) is 0 Å². The maximum atomic E-state index is 10.3. The van der Waals surface area contributed by atoms with E-state index in [2.05, 4.69) is 0 Å². The van der Waals surface area contributed by atoms with Crippen LogP contribution in [0.1, 0.15) is 0 Å². The minimum absolute atomic E-state index is 0.248. The number of nitrogens with one attached hydrogen (secondary N) is 1. The summed E-state index contributed by atoms with van der Waals surface area (Å²) in [5, 5.41) is 8.02. The number of aliphatic hydroxyl groups is 1. The van der Waals surface area contributed by atoms with E-state index in [4.69, 9.17) is 5.11 Å². The quantitative estimate of drug-likeness (QED) is 0.363. The molecule has 0 aromatic rings. The lowest BCUT2D eigenvalue weighted by Gasteiger charge is -1.95. The second-order valence-corrected chi connectivity index (χ2v) is 3.10. The molecule has 0 rings (SSSR count). The Labute approximate surface area is 52.7 Å². The smallest absolute Gasteiger partial charge is 0.220 e. The SMILES string of the molecule is O=CCS(=O)(=O)NCO. The van der Waals surface area contributed by atoms with E-state index in [-0.39, 0.29) is 6.29 Å². The van der Waals surface area contributed by atoms with Crippen LogP contribution in [-0.2, 0) is 14.8 Å². The van der Waals surface area contributed by atoms with Crippen molar-refractivity contribution in [3.8, 4) is 0 Å². The summed E-state index contributed by atoms with van der Waals surface area (Å²) >= 11 is 0. The number of hydrogen-bond acceptors (Lipinski definition) is 4. The molecule has 0 fully saturated rings. The first-order valence-electron chi connectivity index (χ1n) is 2.14. The molecule has 0 aliphatic rings. The maximum absolute atomic E-state index is 10.3. The highest BCUT2D eigenvalue weighted by atomic mass is 32.2. The predicted molar refractivity (Wildman–Crippen MR) is 30.1 cm³/mol. The van der Waals surface area contributed by atoms with Gasteiger partial charge in [0.15, 0.2) is 0 Å². The van der Waals surface area contributed by atoms with Gasteiger partial charge in [-0.1, -0.05) is 0 Å². The van der Waals surface area contributed by atoms with Crippen LogP contribution in [0, 0.1) is 0 Å². The minimum atomic E-state index is -3.55. The lowest BCUT2D eigenvalue weighted by Crippen LogP contribution is -2.27. The third kappa shape index (κ3) is 4.07. The van der Waals surface area contributed by atoms with Crippen molar-refractivity contribution in [3.63, 3.8) is 0 Å². The number of sulfonamides is 1. The summed E-state index contributed by atoms with van der Waals surface area (Å²) in [4.78, 5) is 9.59. The van der Waals surface area contributed by atoms with Gasteiger partial charge in [-0.05, 0) is 0 Å². The molecule has 6 heteroatoms. The summed E-state index contributed by atoms with van der Waals surface area (Å²) in [6.45, 7) is -0.670. The van der Waals surface area contributed by atoms with Gasteiger partial charge in [-0.25, -0.2) is 8.42 Å². The van der Waals surface area contributed by atoms with Crippen LogP contribution in [0.4, 0.5) is 0 Å². The fourth-order valence-electron chi connectivity index (χ4n) is 0.247. The van der Waals surface area contributed by atoms with Gasteiger partial charge in [-0.3, -0.25) is 0 Å². The van der Waals surface area contributed by atoms with Gasteiger partial charge in [0.05, 0.1) is 0 Å². The number of rotatable bonds is 4. The molecule has 0 aromatic carbocycles. The first-order chi connectivity index (χ1) is 4.12. The fraction of sp³-hybridized carbons (Fsp3) is 0.667. The monoisotopic (exact) mass is 153 g/mol. The van der Waals surface area contributed by atoms with Crippen molar-refractivity contribution in [2.24, 2.45) is 0 Å². The third-order valence-corrected chi connectivity index (χ3v) is 1.72. The molecule has 0 unspecified atom stereocenters. The number of carbonyl (C=O) groups is 1. The zero-order chi connectivity index (χ0) is 7.33. The molecule has 0 saturated carbocycles. The minimum Gasteiger partial charge on any atom is -0.380 e. The molecule has 2 N–H and O–H groups in total. The van der Waals surface area contributed by atoms with Crippen molar-refractivity contribution in [2.45, 2.75) is 0 Å². The van der Waals surface area contributed by atoms with Crippen molar-refractivity contribution in [1.82, 2.24) is 4.72 Å². The van der Waals surface area contributed by atoms with E-state index in [0.29, 0.717) is 0 Å². The van der Waals surface area contributed by atoms with Crippen molar-refractivity contribution in [3.05, 3.63) is 0 Å². The molecule has 0 bridgehead atoms. The second-order valence-electron chi connectivity index (χ2n) is 1.25. The van der Waals surface area contributed by atoms with Crippen molar-refractivity contribution < 1.29 is 18.3 Å². The van der Waals surface area contributed by atoms with Gasteiger partial charge < -0.3 is 9.90 Å². The van der Waals surface area contributed by atoms with E-state index in [9.17, 15) is 13.2 Å². The molecule has 0 aliphatic carbocycles. The number of aldehydes is 1. The van der Waals surface area contributed by atoms with Crippen molar-refractivity contribution in [1.29, 1.82) is 0 Å². The molecule has 5 nitrogen and oxygen atoms in total. The topological polar surface area (TPSA) is 83.5 Å². The van der Waals surface area contributed by atoms with Gasteiger partial charge in [0, 0.05) is 0 Å². The summed E-state index contributed by atoms with van der Waals surface area (Å²) in [7, 11) is -3.55. The molecule has 54 valence electrons. The van der Waals surface area contributed by atoms with Gasteiger partial charge in [-0.15, -0.1) is 0 Å². The summed E-state index contributed by atoms with van der Waals surface area (Å²) in [6, 6.07) is 0. The largest absolute Gasteiger partial charge is 0.380 e. The molecule has 0 atom stereocenters. The Balaban J connectivity index is 3.88. The predicted octanol–water partition coefficient (Wildman–Crippen LogP) is -1.95. The van der Waals surface area contributed by atoms with Crippen LogP contribution < -0.4 is 4.72 Å². The van der Waals surface area contributed by atoms with Gasteiger partial charge in [0.1, 0.15) is 18.8 Å². The molecule has 0 spiro atoms. The maximum Gasteiger partial charge on any atom is 0.220 e. The van der Waals surface area contributed by atoms with Crippen molar-refractivity contribution in [2.75, 3.05) is 12.5 Å². The average molecular weight is 153 g/mol. The molecule has 0 amide bonds. The number of aliphatic hydroxyl groups excluding tert-OH is 1. The zero-order valence-electron chi connectivity index (χ0n) is 4.57. The molecule has 0 heterocycles. The molecular weight excluding hydrogens is 146 g/mol. The standard InChI is InChI=1S/C3H7NO4S/c5-1-2-9(7,8)4-3-6/h1,4,6H,2-3H2. The first-order valence-corrected chi connectivity index (χ1v) is 3.79. The number of carbonyl (C=O) groups excluding carboxylic acids is 1. The van der Waals surface area contributed by atoms with Crippen LogP contribution in [-0.4, -0.2) is 32.3 Å². The Bertz CT molecular complexity index is 172. The summed E-state index contributed by atoms with van der Waals surface area (Å²) in [6.07, 6.45) is 0.248. The third-order valence-electron chi connectivity index (χ3n) is 0.572. The van der Waals surface area contributed by atoms with Crippen LogP contribution in [0.5, 0.6) is 0 Å². The van der Waals surface area contributed by atoms with Crippen LogP contribution in [0.15, 0.2) is 0 Å². The summed E-state index contributed by atoms with van der Waals surface area (Å²) in [5.74, 6) is -0.604. The normalized spacial score (nSPS) is 11.2. The highest BCUT2D eigenvalue weighted by Gasteiger charge is 2.05. The Morgan fingerprint density at radius 3 is 2.44 bits per heavy atom. The first kappa shape index (κ1) is 8.54. The summed E-state index contributed by atoms with van der Waals surface area (Å²) in [5.41, 5.74) is 0. The van der Waals surface area contributed by atoms with E-state index in [1.165, 1.54) is 0 Å². The highest BCUT2D eigenvalue weighted by molar-refractivity contribution is 7.90. The Kier molecular flexibility index (Phi) is 3.36. The molecule has 0 radical (unpaired) electrons. The fourth-order valence-corrected chi connectivity index (χ4v) is 0.741. The van der Waals surface area contributed by atoms with E-state index in [1.54, 1.807) is 4.72 Å². The van der Waals surface area contributed by atoms with E-state index >= 15 is 0 Å². The Hall–Kier alpha value is -0.460. The lowest BCUT2D eigenvalue weighted by molar-refractivity contribution is -0.105. The van der Waals surface area contributed by atoms with E-state index < -0.39 is 22.5 Å². The van der Waals surface area contributed by atoms with Crippen LogP contribution >= 0.6 is 0 Å². The summed E-state index contributed by atoms with van der Waals surface area (Å²) < 4.78 is 22.4. The van der Waals surface area contributed by atoms with E-state index in [0.717, 1.165) is 0 Å². The Morgan fingerprint density at radius 1 is 1.56 bits per heavy atom. The zero-order valence-corrected chi connectivity index (χ0v) is 5.39.